The fourth-order valence-electron chi connectivity index (χ4n) is 2.86. The number of nitrogens with zero attached hydrogens (tertiary/aromatic N) is 3. The number of aliphatic imine (C=N–C) groups is 1. The van der Waals surface area contributed by atoms with Crippen molar-refractivity contribution in [1.29, 1.82) is 10.7 Å². The van der Waals surface area contributed by atoms with Crippen LogP contribution in [0, 0.1) is 28.6 Å². The van der Waals surface area contributed by atoms with Crippen molar-refractivity contribution in [2.24, 2.45) is 16.6 Å². The highest BCUT2D eigenvalue weighted by Gasteiger charge is 2.39. The van der Waals surface area contributed by atoms with E-state index in [0.29, 0.717) is 31.7 Å². The molecule has 1 aromatic heterocycles. The molecule has 0 radical (unpaired) electrons. The predicted octanol–water partition coefficient (Wildman–Crippen LogP) is 4.83. The summed E-state index contributed by atoms with van der Waals surface area (Å²) < 4.78 is 13.6. The lowest BCUT2D eigenvalue weighted by Gasteiger charge is -2.16. The van der Waals surface area contributed by atoms with E-state index >= 15 is 0 Å². The Kier molecular flexibility index (Phi) is 5.80. The summed E-state index contributed by atoms with van der Waals surface area (Å²) >= 11 is 13.6. The molecule has 0 aliphatic carbocycles. The topological polar surface area (TPSA) is 98.9 Å². The number of amidine groups is 1. The molecule has 2 heterocycles. The summed E-state index contributed by atoms with van der Waals surface area (Å²) in [5, 5.41) is 17.4. The molecular weight excluding hydrogens is 408 g/mol. The normalized spacial score (nSPS) is 19.9. The smallest absolute Gasteiger partial charge is 0.213 e. The molecule has 0 saturated carbocycles. The summed E-state index contributed by atoms with van der Waals surface area (Å²) in [6.07, 6.45) is 2.17. The Morgan fingerprint density at radius 2 is 2.15 bits per heavy atom. The minimum atomic E-state index is -0.662. The number of halogens is 3. The fraction of sp³-hybridized carbons (Fsp3) is 0.111. The average Bonchev–Trinajstić information content (AvgIpc) is 3.01. The minimum Gasteiger partial charge on any atom is -0.383 e. The minimum absolute atomic E-state index is 0.0910. The van der Waals surface area contributed by atoms with Crippen molar-refractivity contribution >= 4 is 52.7 Å². The fourth-order valence-corrected chi connectivity index (χ4v) is 4.78. The van der Waals surface area contributed by atoms with Gasteiger partial charge in [-0.1, -0.05) is 29.3 Å². The van der Waals surface area contributed by atoms with Crippen LogP contribution in [0.2, 0.25) is 10.0 Å². The second kappa shape index (κ2) is 8.09. The van der Waals surface area contributed by atoms with Crippen LogP contribution >= 0.6 is 35.0 Å². The van der Waals surface area contributed by atoms with Crippen LogP contribution in [0.15, 0.2) is 46.4 Å². The molecule has 3 rings (SSSR count). The van der Waals surface area contributed by atoms with Crippen LogP contribution in [-0.2, 0) is 0 Å². The molecule has 1 aromatic carbocycles. The van der Waals surface area contributed by atoms with Crippen molar-refractivity contribution in [1.82, 2.24) is 4.98 Å². The van der Waals surface area contributed by atoms with Crippen LogP contribution in [0.4, 0.5) is 4.39 Å². The first-order valence-corrected chi connectivity index (χ1v) is 9.29. The van der Waals surface area contributed by atoms with Gasteiger partial charge in [0.25, 0.3) is 0 Å². The van der Waals surface area contributed by atoms with Gasteiger partial charge in [0.15, 0.2) is 0 Å². The van der Waals surface area contributed by atoms with E-state index in [2.05, 4.69) is 16.0 Å². The molecule has 2 unspecified atom stereocenters. The zero-order valence-electron chi connectivity index (χ0n) is 13.7. The lowest BCUT2D eigenvalue weighted by molar-refractivity contribution is 0.580. The number of allylic oxidation sites excluding steroid dienone is 1. The Morgan fingerprint density at radius 1 is 1.37 bits per heavy atom. The van der Waals surface area contributed by atoms with Gasteiger partial charge in [-0.3, -0.25) is 5.41 Å². The molecule has 9 heteroatoms. The summed E-state index contributed by atoms with van der Waals surface area (Å²) in [6.45, 7) is 0. The molecule has 1 aliphatic heterocycles. The Hall–Kier alpha value is -2.40. The number of rotatable bonds is 4. The number of thioether (sulfide) groups is 1. The van der Waals surface area contributed by atoms with Gasteiger partial charge in [-0.15, -0.1) is 11.8 Å². The van der Waals surface area contributed by atoms with Gasteiger partial charge in [-0.25, -0.2) is 9.98 Å². The molecule has 0 bridgehead atoms. The molecule has 136 valence electrons. The highest BCUT2D eigenvalue weighted by atomic mass is 35.5. The number of nitrogens with one attached hydrogen (secondary N) is 1. The van der Waals surface area contributed by atoms with Gasteiger partial charge in [0, 0.05) is 16.2 Å². The van der Waals surface area contributed by atoms with E-state index < -0.39 is 17.1 Å². The molecule has 0 spiro atoms. The zero-order valence-corrected chi connectivity index (χ0v) is 16.0. The van der Waals surface area contributed by atoms with Crippen molar-refractivity contribution in [3.05, 3.63) is 68.6 Å². The molecule has 3 N–H and O–H groups in total. The van der Waals surface area contributed by atoms with E-state index in [1.165, 1.54) is 24.0 Å². The highest BCUT2D eigenvalue weighted by Crippen LogP contribution is 2.55. The third kappa shape index (κ3) is 3.83. The monoisotopic (exact) mass is 419 g/mol. The number of pyridine rings is 1. The number of hydrogen-bond acceptors (Lipinski definition) is 4. The van der Waals surface area contributed by atoms with Crippen LogP contribution in [0.1, 0.15) is 16.4 Å². The van der Waals surface area contributed by atoms with Crippen molar-refractivity contribution in [2.75, 3.05) is 0 Å². The van der Waals surface area contributed by atoms with E-state index in [4.69, 9.17) is 34.3 Å². The zero-order chi connectivity index (χ0) is 19.6. The van der Waals surface area contributed by atoms with Gasteiger partial charge >= 0.3 is 0 Å². The Labute approximate surface area is 169 Å². The molecule has 5 nitrogen and oxygen atoms in total. The largest absolute Gasteiger partial charge is 0.383 e. The lowest BCUT2D eigenvalue weighted by Crippen LogP contribution is -2.14. The predicted molar refractivity (Wildman–Crippen MR) is 107 cm³/mol. The molecule has 2 atom stereocenters. The third-order valence-corrected chi connectivity index (χ3v) is 5.99. The molecule has 0 amide bonds. The van der Waals surface area contributed by atoms with Crippen molar-refractivity contribution in [2.45, 2.75) is 5.25 Å². The van der Waals surface area contributed by atoms with Crippen LogP contribution < -0.4 is 5.73 Å². The summed E-state index contributed by atoms with van der Waals surface area (Å²) in [6, 6.07) is 10.2. The van der Waals surface area contributed by atoms with Gasteiger partial charge in [-0.05, 0) is 41.0 Å². The van der Waals surface area contributed by atoms with Gasteiger partial charge < -0.3 is 5.73 Å². The molecule has 2 aromatic rings. The molecule has 0 saturated heterocycles. The second-order valence-corrected chi connectivity index (χ2v) is 7.56. The Bertz CT molecular complexity index is 1020. The average molecular weight is 420 g/mol. The van der Waals surface area contributed by atoms with E-state index in [-0.39, 0.29) is 5.84 Å². The van der Waals surface area contributed by atoms with E-state index in [0.717, 1.165) is 6.34 Å². The summed E-state index contributed by atoms with van der Waals surface area (Å²) in [7, 11) is 0. The number of nitriles is 1. The maximum absolute atomic E-state index is 13.6. The molecule has 27 heavy (non-hydrogen) atoms. The first kappa shape index (κ1) is 19.4. The number of hydrogen-bond donors (Lipinski definition) is 2. The number of aromatic nitrogens is 1. The quantitative estimate of drug-likeness (QED) is 0.420. The second-order valence-electron chi connectivity index (χ2n) is 5.57. The van der Waals surface area contributed by atoms with E-state index in [1.54, 1.807) is 24.3 Å². The molecule has 1 aliphatic rings. The Morgan fingerprint density at radius 3 is 2.78 bits per heavy atom. The molecule has 0 fully saturated rings. The van der Waals surface area contributed by atoms with E-state index in [1.807, 2.05) is 0 Å². The standard InChI is InChI=1S/C18H12Cl2FN5S/c19-10-1-2-11(13(20)6-10)15-12(7-22)16(9-3-4-25-14(21)5-9)27-17(15)18(24)26-8-23/h1-6,8,12,16H,(H3,23,24,26). The SMILES string of the molecule is N#CC1C(c2ccc(Cl)cc2Cl)=C(C(N)=NC=N)SC1c1ccnc(F)c1. The van der Waals surface area contributed by atoms with Gasteiger partial charge in [-0.2, -0.15) is 9.65 Å². The Balaban J connectivity index is 2.19. The van der Waals surface area contributed by atoms with Crippen LogP contribution in [0.3, 0.4) is 0 Å². The maximum atomic E-state index is 13.6. The maximum Gasteiger partial charge on any atom is 0.213 e. The first-order valence-electron chi connectivity index (χ1n) is 7.66. The van der Waals surface area contributed by atoms with Crippen molar-refractivity contribution in [3.63, 3.8) is 0 Å². The summed E-state index contributed by atoms with van der Waals surface area (Å²) in [5.41, 5.74) is 7.81. The van der Waals surface area contributed by atoms with Gasteiger partial charge in [0.05, 0.1) is 22.1 Å². The summed E-state index contributed by atoms with van der Waals surface area (Å²) in [4.78, 5) is 7.92. The van der Waals surface area contributed by atoms with Crippen LogP contribution in [0.25, 0.3) is 5.57 Å². The lowest BCUT2D eigenvalue weighted by atomic mass is 9.88. The van der Waals surface area contributed by atoms with Gasteiger partial charge in [0.2, 0.25) is 5.95 Å². The summed E-state index contributed by atoms with van der Waals surface area (Å²) in [5.74, 6) is -1.20. The third-order valence-electron chi connectivity index (χ3n) is 3.98. The number of benzene rings is 1. The van der Waals surface area contributed by atoms with Crippen molar-refractivity contribution < 1.29 is 4.39 Å². The van der Waals surface area contributed by atoms with Gasteiger partial charge in [0.1, 0.15) is 12.2 Å². The first-order chi connectivity index (χ1) is 13.0. The van der Waals surface area contributed by atoms with Crippen molar-refractivity contribution in [3.8, 4) is 6.07 Å². The van der Waals surface area contributed by atoms with Crippen LogP contribution in [0.5, 0.6) is 0 Å². The van der Waals surface area contributed by atoms with Crippen LogP contribution in [-0.4, -0.2) is 17.2 Å². The van der Waals surface area contributed by atoms with E-state index in [9.17, 15) is 9.65 Å². The highest BCUT2D eigenvalue weighted by molar-refractivity contribution is 8.04. The number of nitrogens with two attached hydrogens (primary N) is 1. The molecular formula is C18H12Cl2FN5S.